The summed E-state index contributed by atoms with van der Waals surface area (Å²) in [5.41, 5.74) is 3.75. The van der Waals surface area contributed by atoms with Gasteiger partial charge in [0.25, 0.3) is 0 Å². The van der Waals surface area contributed by atoms with Gasteiger partial charge in [0.2, 0.25) is 5.91 Å². The van der Waals surface area contributed by atoms with Crippen LogP contribution in [0.5, 0.6) is 0 Å². The number of halogens is 1. The summed E-state index contributed by atoms with van der Waals surface area (Å²) in [7, 11) is -2.98. The van der Waals surface area contributed by atoms with Crippen molar-refractivity contribution in [3.8, 4) is 0 Å². The third kappa shape index (κ3) is 4.34. The van der Waals surface area contributed by atoms with Crippen LogP contribution in [0.3, 0.4) is 0 Å². The molecule has 0 saturated carbocycles. The average molecular weight is 451 g/mol. The maximum atomic E-state index is 13.0. The van der Waals surface area contributed by atoms with Crippen LogP contribution in [0.2, 0.25) is 5.02 Å². The maximum Gasteiger partial charge on any atom is 0.227 e. The van der Waals surface area contributed by atoms with Gasteiger partial charge in [-0.1, -0.05) is 11.6 Å². The third-order valence-electron chi connectivity index (χ3n) is 6.18. The van der Waals surface area contributed by atoms with Crippen molar-refractivity contribution in [1.29, 1.82) is 0 Å². The fourth-order valence-electron chi connectivity index (χ4n) is 4.41. The highest BCUT2D eigenvalue weighted by atomic mass is 35.5. The lowest BCUT2D eigenvalue weighted by Gasteiger charge is -2.36. The number of hydrogen-bond acceptors (Lipinski definition) is 5. The summed E-state index contributed by atoms with van der Waals surface area (Å²) in [6, 6.07) is 7.65. The monoisotopic (exact) mass is 450 g/mol. The molecule has 2 aromatic rings. The number of benzene rings is 1. The number of aromatic nitrogens is 2. The van der Waals surface area contributed by atoms with Crippen molar-refractivity contribution < 1.29 is 13.2 Å². The number of carbonyl (C=O) groups is 1. The molecule has 1 aromatic heterocycles. The van der Waals surface area contributed by atoms with Gasteiger partial charge in [-0.05, 0) is 44.5 Å². The lowest BCUT2D eigenvalue weighted by atomic mass is 10.1. The summed E-state index contributed by atoms with van der Waals surface area (Å²) in [4.78, 5) is 17.1. The van der Waals surface area contributed by atoms with Crippen LogP contribution in [0.15, 0.2) is 24.3 Å². The van der Waals surface area contributed by atoms with Crippen LogP contribution in [-0.4, -0.2) is 66.7 Å². The Kier molecular flexibility index (Phi) is 5.81. The largest absolute Gasteiger partial charge is 0.368 e. The fraction of sp³-hybridized carbons (Fsp3) is 0.524. The van der Waals surface area contributed by atoms with E-state index in [1.165, 1.54) is 0 Å². The Morgan fingerprint density at radius 2 is 1.80 bits per heavy atom. The molecule has 9 heteroatoms. The summed E-state index contributed by atoms with van der Waals surface area (Å²) >= 11 is 5.97. The van der Waals surface area contributed by atoms with Crippen molar-refractivity contribution in [2.24, 2.45) is 0 Å². The van der Waals surface area contributed by atoms with Gasteiger partial charge >= 0.3 is 0 Å². The standard InChI is InChI=1S/C21H27ClN4O3S/c1-15-20(16(2)26(23-15)19-7-12-30(28,29)14-19)13-21(27)25-10-8-24(9-11-25)18-5-3-17(22)4-6-18/h3-6,19H,7-14H2,1-2H3. The molecule has 0 N–H and O–H groups in total. The number of hydrogen-bond donors (Lipinski definition) is 0. The smallest absolute Gasteiger partial charge is 0.227 e. The van der Waals surface area contributed by atoms with E-state index >= 15 is 0 Å². The molecule has 2 saturated heterocycles. The minimum Gasteiger partial charge on any atom is -0.368 e. The number of carbonyl (C=O) groups excluding carboxylic acids is 1. The third-order valence-corrected chi connectivity index (χ3v) is 8.18. The molecule has 2 fully saturated rings. The SMILES string of the molecule is Cc1nn(C2CCS(=O)(=O)C2)c(C)c1CC(=O)N1CCN(c2ccc(Cl)cc2)CC1. The molecule has 1 aromatic carbocycles. The number of rotatable bonds is 4. The average Bonchev–Trinajstić information content (AvgIpc) is 3.22. The highest BCUT2D eigenvalue weighted by molar-refractivity contribution is 7.91. The molecule has 3 heterocycles. The highest BCUT2D eigenvalue weighted by Crippen LogP contribution is 2.27. The van der Waals surface area contributed by atoms with Gasteiger partial charge in [0, 0.05) is 48.1 Å². The summed E-state index contributed by atoms with van der Waals surface area (Å²) in [5, 5.41) is 5.29. The number of piperazine rings is 1. The summed E-state index contributed by atoms with van der Waals surface area (Å²) in [6.07, 6.45) is 0.891. The first-order valence-corrected chi connectivity index (χ1v) is 12.5. The second kappa shape index (κ2) is 8.23. The van der Waals surface area contributed by atoms with Crippen LogP contribution in [0.4, 0.5) is 5.69 Å². The van der Waals surface area contributed by atoms with Crippen LogP contribution >= 0.6 is 11.6 Å². The fourth-order valence-corrected chi connectivity index (χ4v) is 6.22. The Hall–Kier alpha value is -2.06. The molecule has 2 aliphatic rings. The van der Waals surface area contributed by atoms with Gasteiger partial charge in [0.05, 0.1) is 29.7 Å². The normalized spacial score (nSPS) is 21.2. The maximum absolute atomic E-state index is 13.0. The van der Waals surface area contributed by atoms with E-state index in [-0.39, 0.29) is 23.5 Å². The van der Waals surface area contributed by atoms with Crippen LogP contribution in [0, 0.1) is 13.8 Å². The molecule has 0 radical (unpaired) electrons. The van der Waals surface area contributed by atoms with Crippen molar-refractivity contribution >= 4 is 33.0 Å². The lowest BCUT2D eigenvalue weighted by Crippen LogP contribution is -2.49. The molecule has 1 unspecified atom stereocenters. The zero-order valence-corrected chi connectivity index (χ0v) is 18.9. The van der Waals surface area contributed by atoms with Gasteiger partial charge in [-0.25, -0.2) is 8.42 Å². The van der Waals surface area contributed by atoms with E-state index in [9.17, 15) is 13.2 Å². The first-order valence-electron chi connectivity index (χ1n) is 10.3. The predicted molar refractivity (Wildman–Crippen MR) is 118 cm³/mol. The van der Waals surface area contributed by atoms with Crippen molar-refractivity contribution in [3.05, 3.63) is 46.2 Å². The van der Waals surface area contributed by atoms with Crippen molar-refractivity contribution in [2.45, 2.75) is 32.7 Å². The van der Waals surface area contributed by atoms with E-state index in [2.05, 4.69) is 10.00 Å². The molecule has 2 aliphatic heterocycles. The Bertz CT molecular complexity index is 1040. The van der Waals surface area contributed by atoms with E-state index in [1.54, 1.807) is 0 Å². The minimum atomic E-state index is -2.98. The molecule has 1 atom stereocenters. The molecule has 0 spiro atoms. The van der Waals surface area contributed by atoms with Gasteiger partial charge in [-0.2, -0.15) is 5.10 Å². The first-order chi connectivity index (χ1) is 14.2. The topological polar surface area (TPSA) is 75.5 Å². The van der Waals surface area contributed by atoms with Crippen LogP contribution < -0.4 is 4.90 Å². The van der Waals surface area contributed by atoms with Crippen LogP contribution in [0.1, 0.15) is 29.4 Å². The number of aryl methyl sites for hydroxylation is 1. The minimum absolute atomic E-state index is 0.0931. The van der Waals surface area contributed by atoms with E-state index < -0.39 is 9.84 Å². The van der Waals surface area contributed by atoms with Gasteiger partial charge in [-0.15, -0.1) is 0 Å². The Morgan fingerprint density at radius 1 is 1.13 bits per heavy atom. The van der Waals surface area contributed by atoms with E-state index in [1.807, 2.05) is 47.7 Å². The second-order valence-corrected chi connectivity index (χ2v) is 10.8. The second-order valence-electron chi connectivity index (χ2n) is 8.17. The summed E-state index contributed by atoms with van der Waals surface area (Å²) in [6.45, 7) is 6.75. The van der Waals surface area contributed by atoms with Crippen molar-refractivity contribution in [3.63, 3.8) is 0 Å². The zero-order chi connectivity index (χ0) is 21.5. The van der Waals surface area contributed by atoms with E-state index in [0.29, 0.717) is 31.0 Å². The van der Waals surface area contributed by atoms with Gasteiger partial charge in [0.15, 0.2) is 9.84 Å². The predicted octanol–water partition coefficient (Wildman–Crippen LogP) is 2.40. The molecule has 162 valence electrons. The highest BCUT2D eigenvalue weighted by Gasteiger charge is 2.32. The van der Waals surface area contributed by atoms with Crippen molar-refractivity contribution in [1.82, 2.24) is 14.7 Å². The number of sulfone groups is 1. The van der Waals surface area contributed by atoms with Gasteiger partial charge in [-0.3, -0.25) is 9.48 Å². The Labute approximate surface area is 182 Å². The Balaban J connectivity index is 1.39. The number of anilines is 1. The number of nitrogens with zero attached hydrogens (tertiary/aromatic N) is 4. The van der Waals surface area contributed by atoms with Gasteiger partial charge < -0.3 is 9.80 Å². The molecule has 1 amide bonds. The molecule has 4 rings (SSSR count). The summed E-state index contributed by atoms with van der Waals surface area (Å²) < 4.78 is 25.5. The molecular weight excluding hydrogens is 424 g/mol. The van der Waals surface area contributed by atoms with Crippen LogP contribution in [-0.2, 0) is 21.1 Å². The molecule has 30 heavy (non-hydrogen) atoms. The van der Waals surface area contributed by atoms with E-state index in [0.717, 1.165) is 35.7 Å². The quantitative estimate of drug-likeness (QED) is 0.715. The molecule has 7 nitrogen and oxygen atoms in total. The van der Waals surface area contributed by atoms with E-state index in [4.69, 9.17) is 11.6 Å². The van der Waals surface area contributed by atoms with Gasteiger partial charge in [0.1, 0.15) is 0 Å². The molecule has 0 bridgehead atoms. The lowest BCUT2D eigenvalue weighted by molar-refractivity contribution is -0.130. The Morgan fingerprint density at radius 3 is 2.40 bits per heavy atom. The number of amides is 1. The first kappa shape index (κ1) is 21.2. The summed E-state index contributed by atoms with van der Waals surface area (Å²) in [5.74, 6) is 0.438. The molecule has 0 aliphatic carbocycles. The zero-order valence-electron chi connectivity index (χ0n) is 17.3. The van der Waals surface area contributed by atoms with Crippen molar-refractivity contribution in [2.75, 3.05) is 42.6 Å². The molecular formula is C21H27ClN4O3S. The van der Waals surface area contributed by atoms with Crippen LogP contribution in [0.25, 0.3) is 0 Å².